The number of fused-ring (bicyclic) bond motifs is 1. The fraction of sp³-hybridized carbons (Fsp3) is 0.375. The lowest BCUT2D eigenvalue weighted by atomic mass is 9.97. The predicted octanol–water partition coefficient (Wildman–Crippen LogP) is 5.62. The largest absolute Gasteiger partial charge is 0.444 e. The lowest BCUT2D eigenvalue weighted by Gasteiger charge is -2.32. The second-order valence-electron chi connectivity index (χ2n) is 8.78. The third-order valence-corrected chi connectivity index (χ3v) is 5.31. The Hall–Kier alpha value is -3.40. The van der Waals surface area contributed by atoms with Crippen LogP contribution in [0.25, 0.3) is 22.2 Å². The monoisotopic (exact) mass is 421 g/mol. The molecule has 0 unspecified atom stereocenters. The smallest absolute Gasteiger partial charge is 0.410 e. The highest BCUT2D eigenvalue weighted by molar-refractivity contribution is 5.80. The molecule has 0 N–H and O–H groups in total. The van der Waals surface area contributed by atoms with Gasteiger partial charge in [-0.15, -0.1) is 0 Å². The van der Waals surface area contributed by atoms with E-state index in [1.165, 1.54) is 6.07 Å². The van der Waals surface area contributed by atoms with Gasteiger partial charge < -0.3 is 14.1 Å². The van der Waals surface area contributed by atoms with Crippen molar-refractivity contribution < 1.29 is 18.3 Å². The van der Waals surface area contributed by atoms with E-state index in [1.54, 1.807) is 35.2 Å². The van der Waals surface area contributed by atoms with Gasteiger partial charge in [-0.25, -0.2) is 14.2 Å². The fourth-order valence-electron chi connectivity index (χ4n) is 3.74. The standard InChI is InChI=1S/C24H24FN3O3/c1-24(2,3)31-23(29)28-10-8-16(9-11-28)22-27-20-13-17(5-7-21(20)30-22)18-6-4-15(14-26)12-19(18)25/h4-7,12-13,16H,8-11H2,1-3H3. The molecule has 1 aromatic heterocycles. The number of amides is 1. The molecule has 31 heavy (non-hydrogen) atoms. The van der Waals surface area contributed by atoms with Crippen molar-refractivity contribution in [2.24, 2.45) is 0 Å². The molecule has 1 fully saturated rings. The van der Waals surface area contributed by atoms with Crippen LogP contribution in [0.4, 0.5) is 9.18 Å². The highest BCUT2D eigenvalue weighted by Gasteiger charge is 2.29. The average molecular weight is 421 g/mol. The SMILES string of the molecule is CC(C)(C)OC(=O)N1CCC(c2nc3cc(-c4ccc(C#N)cc4F)ccc3o2)CC1. The predicted molar refractivity (Wildman–Crippen MR) is 114 cm³/mol. The van der Waals surface area contributed by atoms with E-state index in [1.807, 2.05) is 26.8 Å². The molecule has 1 aliphatic rings. The van der Waals surface area contributed by atoms with E-state index in [4.69, 9.17) is 14.4 Å². The van der Waals surface area contributed by atoms with Crippen molar-refractivity contribution >= 4 is 17.2 Å². The van der Waals surface area contributed by atoms with Crippen molar-refractivity contribution in [3.05, 3.63) is 53.7 Å². The van der Waals surface area contributed by atoms with Crippen LogP contribution in [0, 0.1) is 17.1 Å². The quantitative estimate of drug-likeness (QED) is 0.536. The normalized spacial score (nSPS) is 15.1. The van der Waals surface area contributed by atoms with Gasteiger partial charge in [-0.2, -0.15) is 5.26 Å². The third-order valence-electron chi connectivity index (χ3n) is 5.31. The van der Waals surface area contributed by atoms with Crippen LogP contribution < -0.4 is 0 Å². The summed E-state index contributed by atoms with van der Waals surface area (Å²) in [6.45, 7) is 6.73. The van der Waals surface area contributed by atoms with Gasteiger partial charge >= 0.3 is 6.09 Å². The van der Waals surface area contributed by atoms with Gasteiger partial charge in [0.2, 0.25) is 0 Å². The van der Waals surface area contributed by atoms with E-state index < -0.39 is 11.4 Å². The molecule has 4 rings (SSSR count). The summed E-state index contributed by atoms with van der Waals surface area (Å²) in [5, 5.41) is 8.92. The maximum atomic E-state index is 14.4. The topological polar surface area (TPSA) is 79.4 Å². The van der Waals surface area contributed by atoms with Crippen LogP contribution in [0.15, 0.2) is 40.8 Å². The number of aromatic nitrogens is 1. The first kappa shape index (κ1) is 20.9. The molecule has 0 bridgehead atoms. The van der Waals surface area contributed by atoms with E-state index >= 15 is 0 Å². The Bertz CT molecular complexity index is 1170. The first-order chi connectivity index (χ1) is 14.7. The summed E-state index contributed by atoms with van der Waals surface area (Å²) in [6, 6.07) is 11.7. The summed E-state index contributed by atoms with van der Waals surface area (Å²) in [6.07, 6.45) is 1.18. The Kier molecular flexibility index (Phi) is 5.40. The molecule has 3 aromatic rings. The number of nitriles is 1. The van der Waals surface area contributed by atoms with Crippen molar-refractivity contribution in [3.63, 3.8) is 0 Å². The number of carbonyl (C=O) groups is 1. The first-order valence-corrected chi connectivity index (χ1v) is 10.3. The molecular formula is C24H24FN3O3. The molecule has 0 atom stereocenters. The zero-order chi connectivity index (χ0) is 22.2. The Morgan fingerprint density at radius 3 is 2.61 bits per heavy atom. The lowest BCUT2D eigenvalue weighted by Crippen LogP contribution is -2.41. The molecule has 1 amide bonds. The molecule has 6 nitrogen and oxygen atoms in total. The first-order valence-electron chi connectivity index (χ1n) is 10.3. The molecule has 0 saturated carbocycles. The summed E-state index contributed by atoms with van der Waals surface area (Å²) in [7, 11) is 0. The van der Waals surface area contributed by atoms with E-state index in [-0.39, 0.29) is 17.6 Å². The molecule has 2 heterocycles. The lowest BCUT2D eigenvalue weighted by molar-refractivity contribution is 0.0199. The van der Waals surface area contributed by atoms with Crippen molar-refractivity contribution in [3.8, 4) is 17.2 Å². The van der Waals surface area contributed by atoms with Crippen LogP contribution in [0.1, 0.15) is 51.0 Å². The average Bonchev–Trinajstić information content (AvgIpc) is 3.16. The number of oxazole rings is 1. The highest BCUT2D eigenvalue weighted by Crippen LogP contribution is 2.33. The van der Waals surface area contributed by atoms with Gasteiger partial charge in [0.15, 0.2) is 11.5 Å². The second kappa shape index (κ2) is 8.03. The minimum atomic E-state index is -0.514. The third kappa shape index (κ3) is 4.53. The van der Waals surface area contributed by atoms with Gasteiger partial charge in [-0.1, -0.05) is 12.1 Å². The minimum Gasteiger partial charge on any atom is -0.444 e. The Morgan fingerprint density at radius 2 is 1.97 bits per heavy atom. The molecule has 7 heteroatoms. The summed E-state index contributed by atoms with van der Waals surface area (Å²) >= 11 is 0. The van der Waals surface area contributed by atoms with Gasteiger partial charge in [0.05, 0.1) is 11.6 Å². The fourth-order valence-corrected chi connectivity index (χ4v) is 3.74. The van der Waals surface area contributed by atoms with Gasteiger partial charge in [0.1, 0.15) is 16.9 Å². The number of benzene rings is 2. The molecule has 0 aliphatic carbocycles. The van der Waals surface area contributed by atoms with Crippen LogP contribution in [0.3, 0.4) is 0 Å². The number of nitrogens with zero attached hydrogens (tertiary/aromatic N) is 3. The van der Waals surface area contributed by atoms with E-state index in [0.717, 1.165) is 12.8 Å². The van der Waals surface area contributed by atoms with Crippen LogP contribution in [0.5, 0.6) is 0 Å². The van der Waals surface area contributed by atoms with Gasteiger partial charge in [-0.3, -0.25) is 0 Å². The number of rotatable bonds is 2. The van der Waals surface area contributed by atoms with Crippen molar-refractivity contribution in [1.82, 2.24) is 9.88 Å². The maximum Gasteiger partial charge on any atom is 0.410 e. The van der Waals surface area contributed by atoms with Crippen LogP contribution in [-0.2, 0) is 4.74 Å². The Labute approximate surface area is 180 Å². The minimum absolute atomic E-state index is 0.112. The number of ether oxygens (including phenoxy) is 1. The van der Waals surface area contributed by atoms with Gasteiger partial charge in [0, 0.05) is 24.6 Å². The van der Waals surface area contributed by atoms with Crippen LogP contribution >= 0.6 is 0 Å². The number of hydrogen-bond donors (Lipinski definition) is 0. The summed E-state index contributed by atoms with van der Waals surface area (Å²) in [5.41, 5.74) is 2.16. The van der Waals surface area contributed by atoms with E-state index in [2.05, 4.69) is 4.98 Å². The van der Waals surface area contributed by atoms with Crippen LogP contribution in [-0.4, -0.2) is 34.7 Å². The highest BCUT2D eigenvalue weighted by atomic mass is 19.1. The van der Waals surface area contributed by atoms with E-state index in [9.17, 15) is 9.18 Å². The number of likely N-dealkylation sites (tertiary alicyclic amines) is 1. The molecule has 0 radical (unpaired) electrons. The summed E-state index contributed by atoms with van der Waals surface area (Å²) in [4.78, 5) is 18.6. The Balaban J connectivity index is 1.49. The molecule has 160 valence electrons. The number of halogens is 1. The zero-order valence-electron chi connectivity index (χ0n) is 17.8. The van der Waals surface area contributed by atoms with E-state index in [0.29, 0.717) is 41.2 Å². The molecular weight excluding hydrogens is 397 g/mol. The van der Waals surface area contributed by atoms with Crippen molar-refractivity contribution in [1.29, 1.82) is 5.26 Å². The maximum absolute atomic E-state index is 14.4. The molecule has 0 spiro atoms. The van der Waals surface area contributed by atoms with Crippen molar-refractivity contribution in [2.45, 2.75) is 45.1 Å². The molecule has 1 saturated heterocycles. The summed E-state index contributed by atoms with van der Waals surface area (Å²) in [5.74, 6) is 0.300. The Morgan fingerprint density at radius 1 is 1.23 bits per heavy atom. The molecule has 1 aliphatic heterocycles. The zero-order valence-corrected chi connectivity index (χ0v) is 17.8. The molecule has 2 aromatic carbocycles. The second-order valence-corrected chi connectivity index (χ2v) is 8.78. The number of carbonyl (C=O) groups excluding carboxylic acids is 1. The van der Waals surface area contributed by atoms with Gasteiger partial charge in [0.25, 0.3) is 0 Å². The number of hydrogen-bond acceptors (Lipinski definition) is 5. The van der Waals surface area contributed by atoms with Crippen LogP contribution in [0.2, 0.25) is 0 Å². The summed E-state index contributed by atoms with van der Waals surface area (Å²) < 4.78 is 25.8. The van der Waals surface area contributed by atoms with Gasteiger partial charge in [-0.05, 0) is 63.4 Å². The van der Waals surface area contributed by atoms with Crippen molar-refractivity contribution in [2.75, 3.05) is 13.1 Å². The number of piperidine rings is 1.